The summed E-state index contributed by atoms with van der Waals surface area (Å²) in [5.41, 5.74) is 0.239. The highest BCUT2D eigenvalue weighted by Crippen LogP contribution is 2.23. The zero-order valence-electron chi connectivity index (χ0n) is 10.1. The second-order valence-corrected chi connectivity index (χ2v) is 4.82. The number of rotatable bonds is 4. The van der Waals surface area contributed by atoms with Crippen molar-refractivity contribution in [2.24, 2.45) is 0 Å². The summed E-state index contributed by atoms with van der Waals surface area (Å²) in [7, 11) is 0. The van der Waals surface area contributed by atoms with Crippen LogP contribution in [0.15, 0.2) is 40.9 Å². The van der Waals surface area contributed by atoms with Gasteiger partial charge in [-0.1, -0.05) is 15.9 Å². The molecule has 0 unspecified atom stereocenters. The highest BCUT2D eigenvalue weighted by Gasteiger charge is 2.13. The number of benzene rings is 2. The van der Waals surface area contributed by atoms with Crippen molar-refractivity contribution in [3.05, 3.63) is 63.6 Å². The number of hydrogen-bond donors (Lipinski definition) is 1. The average molecular weight is 343 g/mol. The zero-order chi connectivity index (χ0) is 14.7. The van der Waals surface area contributed by atoms with Crippen molar-refractivity contribution >= 4 is 21.9 Å². The van der Waals surface area contributed by atoms with E-state index in [0.717, 1.165) is 12.1 Å². The number of carboxylic acid groups (broad SMARTS) is 1. The van der Waals surface area contributed by atoms with Crippen LogP contribution < -0.4 is 4.74 Å². The first kappa shape index (κ1) is 14.5. The monoisotopic (exact) mass is 342 g/mol. The lowest BCUT2D eigenvalue weighted by atomic mass is 10.2. The number of carbonyl (C=O) groups is 1. The Labute approximate surface area is 121 Å². The Hall–Kier alpha value is -1.95. The molecule has 0 spiro atoms. The Morgan fingerprint density at radius 3 is 2.50 bits per heavy atom. The van der Waals surface area contributed by atoms with Crippen molar-refractivity contribution in [2.75, 3.05) is 0 Å². The van der Waals surface area contributed by atoms with Crippen molar-refractivity contribution in [1.82, 2.24) is 0 Å². The molecule has 20 heavy (non-hydrogen) atoms. The molecule has 2 aromatic carbocycles. The second-order valence-electron chi connectivity index (χ2n) is 3.97. The molecular formula is C14H9BrF2O3. The Kier molecular flexibility index (Phi) is 4.34. The molecule has 0 aliphatic heterocycles. The van der Waals surface area contributed by atoms with E-state index in [1.807, 2.05) is 0 Å². The van der Waals surface area contributed by atoms with Gasteiger partial charge in [-0.3, -0.25) is 0 Å². The van der Waals surface area contributed by atoms with Crippen LogP contribution in [0.5, 0.6) is 5.75 Å². The summed E-state index contributed by atoms with van der Waals surface area (Å²) in [5, 5.41) is 8.97. The van der Waals surface area contributed by atoms with Gasteiger partial charge in [0.2, 0.25) is 0 Å². The molecule has 0 heterocycles. The second kappa shape index (κ2) is 6.00. The minimum absolute atomic E-state index is 0.0232. The standard InChI is InChI=1S/C14H9BrF2O3/c15-12-3-1-9(16)5-8(12)7-20-13-4-2-10(17)6-11(13)14(18)19/h1-6H,7H2,(H,18,19). The third kappa shape index (κ3) is 3.33. The predicted octanol–water partition coefficient (Wildman–Crippen LogP) is 4.00. The number of hydrogen-bond acceptors (Lipinski definition) is 2. The minimum Gasteiger partial charge on any atom is -0.488 e. The molecule has 3 nitrogen and oxygen atoms in total. The number of carboxylic acids is 1. The molecule has 0 saturated carbocycles. The van der Waals surface area contributed by atoms with Crippen molar-refractivity contribution in [1.29, 1.82) is 0 Å². The summed E-state index contributed by atoms with van der Waals surface area (Å²) in [6.45, 7) is -0.0374. The lowest BCUT2D eigenvalue weighted by molar-refractivity contribution is 0.0691. The van der Waals surface area contributed by atoms with Gasteiger partial charge < -0.3 is 9.84 Å². The summed E-state index contributed by atoms with van der Waals surface area (Å²) in [4.78, 5) is 11.0. The Morgan fingerprint density at radius 2 is 1.80 bits per heavy atom. The number of halogens is 3. The van der Waals surface area contributed by atoms with E-state index in [1.54, 1.807) is 0 Å². The van der Waals surface area contributed by atoms with Gasteiger partial charge in [0.05, 0.1) is 0 Å². The summed E-state index contributed by atoms with van der Waals surface area (Å²) >= 11 is 3.24. The first-order valence-corrected chi connectivity index (χ1v) is 6.36. The SMILES string of the molecule is O=C(O)c1cc(F)ccc1OCc1cc(F)ccc1Br. The van der Waals surface area contributed by atoms with Crippen molar-refractivity contribution in [3.8, 4) is 5.75 Å². The van der Waals surface area contributed by atoms with Gasteiger partial charge in [0.25, 0.3) is 0 Å². The first-order chi connectivity index (χ1) is 9.47. The van der Waals surface area contributed by atoms with Gasteiger partial charge in [-0.25, -0.2) is 13.6 Å². The van der Waals surface area contributed by atoms with Crippen LogP contribution in [0.1, 0.15) is 15.9 Å². The molecule has 6 heteroatoms. The topological polar surface area (TPSA) is 46.5 Å². The molecule has 0 fully saturated rings. The molecule has 0 bridgehead atoms. The fourth-order valence-electron chi connectivity index (χ4n) is 1.60. The fraction of sp³-hybridized carbons (Fsp3) is 0.0714. The van der Waals surface area contributed by atoms with Crippen LogP contribution in [0.25, 0.3) is 0 Å². The van der Waals surface area contributed by atoms with Crippen molar-refractivity contribution < 1.29 is 23.4 Å². The predicted molar refractivity (Wildman–Crippen MR) is 71.8 cm³/mol. The van der Waals surface area contributed by atoms with Gasteiger partial charge in [0.15, 0.2) is 0 Å². The third-order valence-electron chi connectivity index (χ3n) is 2.56. The quantitative estimate of drug-likeness (QED) is 0.913. The largest absolute Gasteiger partial charge is 0.488 e. The molecule has 0 aliphatic carbocycles. The van der Waals surface area contributed by atoms with Crippen LogP contribution in [0.4, 0.5) is 8.78 Å². The van der Waals surface area contributed by atoms with Gasteiger partial charge in [-0.2, -0.15) is 0 Å². The first-order valence-electron chi connectivity index (χ1n) is 5.57. The van der Waals surface area contributed by atoms with Crippen LogP contribution in [0.2, 0.25) is 0 Å². The molecule has 0 radical (unpaired) electrons. The highest BCUT2D eigenvalue weighted by molar-refractivity contribution is 9.10. The van der Waals surface area contributed by atoms with Crippen LogP contribution in [-0.2, 0) is 6.61 Å². The lowest BCUT2D eigenvalue weighted by Gasteiger charge is -2.10. The maximum absolute atomic E-state index is 13.1. The smallest absolute Gasteiger partial charge is 0.339 e. The van der Waals surface area contributed by atoms with E-state index in [0.29, 0.717) is 10.0 Å². The molecule has 0 aromatic heterocycles. The van der Waals surface area contributed by atoms with Gasteiger partial charge in [-0.15, -0.1) is 0 Å². The van der Waals surface area contributed by atoms with E-state index in [4.69, 9.17) is 9.84 Å². The Bertz CT molecular complexity index is 659. The highest BCUT2D eigenvalue weighted by atomic mass is 79.9. The fourth-order valence-corrected chi connectivity index (χ4v) is 1.97. The summed E-state index contributed by atoms with van der Waals surface area (Å²) in [6, 6.07) is 7.28. The van der Waals surface area contributed by atoms with E-state index in [2.05, 4.69) is 15.9 Å². The third-order valence-corrected chi connectivity index (χ3v) is 3.34. The number of aromatic carboxylic acids is 1. The molecule has 1 N–H and O–H groups in total. The van der Waals surface area contributed by atoms with Gasteiger partial charge in [0, 0.05) is 10.0 Å². The lowest BCUT2D eigenvalue weighted by Crippen LogP contribution is -2.04. The Balaban J connectivity index is 2.23. The Morgan fingerprint density at radius 1 is 1.15 bits per heavy atom. The zero-order valence-corrected chi connectivity index (χ0v) is 11.7. The molecule has 0 aliphatic rings. The maximum Gasteiger partial charge on any atom is 0.339 e. The van der Waals surface area contributed by atoms with Crippen molar-refractivity contribution in [3.63, 3.8) is 0 Å². The molecule has 2 rings (SSSR count). The number of ether oxygens (including phenoxy) is 1. The van der Waals surface area contributed by atoms with Crippen molar-refractivity contribution in [2.45, 2.75) is 6.61 Å². The molecule has 0 amide bonds. The normalized spacial score (nSPS) is 10.3. The van der Waals surface area contributed by atoms with E-state index in [1.165, 1.54) is 24.3 Å². The van der Waals surface area contributed by atoms with E-state index < -0.39 is 17.6 Å². The van der Waals surface area contributed by atoms with Gasteiger partial charge in [0.1, 0.15) is 29.6 Å². The molecule has 2 aromatic rings. The van der Waals surface area contributed by atoms with Gasteiger partial charge >= 0.3 is 5.97 Å². The molecular weight excluding hydrogens is 334 g/mol. The molecule has 0 saturated heterocycles. The minimum atomic E-state index is -1.29. The van der Waals surface area contributed by atoms with E-state index in [9.17, 15) is 13.6 Å². The van der Waals surface area contributed by atoms with Gasteiger partial charge in [-0.05, 0) is 36.4 Å². The van der Waals surface area contributed by atoms with Crippen LogP contribution in [0, 0.1) is 11.6 Å². The van der Waals surface area contributed by atoms with Crippen LogP contribution in [0.3, 0.4) is 0 Å². The summed E-state index contributed by atoms with van der Waals surface area (Å²) < 4.78 is 32.1. The molecule has 0 atom stereocenters. The summed E-state index contributed by atoms with van der Waals surface area (Å²) in [5.74, 6) is -2.36. The maximum atomic E-state index is 13.1. The summed E-state index contributed by atoms with van der Waals surface area (Å²) in [6.07, 6.45) is 0. The van der Waals surface area contributed by atoms with E-state index in [-0.39, 0.29) is 17.9 Å². The van der Waals surface area contributed by atoms with Crippen LogP contribution in [-0.4, -0.2) is 11.1 Å². The van der Waals surface area contributed by atoms with Crippen LogP contribution >= 0.6 is 15.9 Å². The van der Waals surface area contributed by atoms with E-state index >= 15 is 0 Å². The molecule has 104 valence electrons. The average Bonchev–Trinajstić information content (AvgIpc) is 2.40.